The van der Waals surface area contributed by atoms with Gasteiger partial charge in [-0.25, -0.2) is 9.97 Å². The van der Waals surface area contributed by atoms with Crippen LogP contribution in [-0.2, 0) is 24.7 Å². The lowest BCUT2D eigenvalue weighted by Crippen LogP contribution is -2.48. The van der Waals surface area contributed by atoms with E-state index >= 15 is 0 Å². The van der Waals surface area contributed by atoms with Gasteiger partial charge in [-0.1, -0.05) is 0 Å². The number of nitrogens with one attached hydrogen (secondary N) is 1. The van der Waals surface area contributed by atoms with Crippen LogP contribution in [-0.4, -0.2) is 38.2 Å². The van der Waals surface area contributed by atoms with Crippen molar-refractivity contribution in [2.75, 3.05) is 16.8 Å². The number of aryl methyl sites for hydroxylation is 3. The van der Waals surface area contributed by atoms with E-state index < -0.39 is 0 Å². The van der Waals surface area contributed by atoms with Gasteiger partial charge in [-0.15, -0.1) is 0 Å². The predicted molar refractivity (Wildman–Crippen MR) is 95.6 cm³/mol. The minimum Gasteiger partial charge on any atom is -0.358 e. The number of carbonyl (C=O) groups excluding carboxylic acids is 1. The Hall–Kier alpha value is -2.44. The largest absolute Gasteiger partial charge is 0.358 e. The van der Waals surface area contributed by atoms with E-state index in [2.05, 4.69) is 20.4 Å². The molecule has 0 bridgehead atoms. The van der Waals surface area contributed by atoms with E-state index in [4.69, 9.17) is 0 Å². The zero-order chi connectivity index (χ0) is 17.4. The van der Waals surface area contributed by atoms with E-state index in [1.54, 1.807) is 9.58 Å². The Morgan fingerprint density at radius 1 is 1.20 bits per heavy atom. The second-order valence-corrected chi connectivity index (χ2v) is 6.93. The number of aromatic nitrogens is 4. The van der Waals surface area contributed by atoms with Crippen LogP contribution >= 0.6 is 0 Å². The molecule has 0 aromatic carbocycles. The number of amides is 1. The molecule has 7 nitrogen and oxygen atoms in total. The summed E-state index contributed by atoms with van der Waals surface area (Å²) in [5, 5.41) is 7.81. The van der Waals surface area contributed by atoms with Crippen LogP contribution in [0, 0.1) is 6.92 Å². The molecule has 2 aromatic heterocycles. The van der Waals surface area contributed by atoms with E-state index in [1.807, 2.05) is 26.2 Å². The van der Waals surface area contributed by atoms with E-state index in [0.717, 1.165) is 61.8 Å². The molecule has 2 aromatic rings. The quantitative estimate of drug-likeness (QED) is 0.925. The fourth-order valence-electron chi connectivity index (χ4n) is 3.79. The van der Waals surface area contributed by atoms with Crippen molar-refractivity contribution in [3.8, 4) is 0 Å². The van der Waals surface area contributed by atoms with Crippen molar-refractivity contribution in [1.29, 1.82) is 0 Å². The van der Waals surface area contributed by atoms with Crippen molar-refractivity contribution in [2.45, 2.75) is 51.5 Å². The third-order valence-electron chi connectivity index (χ3n) is 5.02. The highest BCUT2D eigenvalue weighted by Crippen LogP contribution is 2.28. The Bertz CT molecular complexity index is 799. The molecule has 1 aliphatic heterocycles. The SMILES string of the molecule is Cc1nc2c(c(NC3CCCN(c4ccn(C)n4)C3=O)n1)CCCC2. The van der Waals surface area contributed by atoms with Gasteiger partial charge in [0.2, 0.25) is 0 Å². The summed E-state index contributed by atoms with van der Waals surface area (Å²) >= 11 is 0. The van der Waals surface area contributed by atoms with E-state index in [9.17, 15) is 4.79 Å². The summed E-state index contributed by atoms with van der Waals surface area (Å²) in [6.07, 6.45) is 7.97. The lowest BCUT2D eigenvalue weighted by molar-refractivity contribution is -0.120. The number of rotatable bonds is 3. The summed E-state index contributed by atoms with van der Waals surface area (Å²) in [5.41, 5.74) is 2.34. The molecular formula is C18H24N6O. The molecule has 1 amide bonds. The fraction of sp³-hybridized carbons (Fsp3) is 0.556. The van der Waals surface area contributed by atoms with Gasteiger partial charge in [0.15, 0.2) is 5.82 Å². The average molecular weight is 340 g/mol. The van der Waals surface area contributed by atoms with Crippen molar-refractivity contribution < 1.29 is 4.79 Å². The molecule has 25 heavy (non-hydrogen) atoms. The second-order valence-electron chi connectivity index (χ2n) is 6.93. The summed E-state index contributed by atoms with van der Waals surface area (Å²) < 4.78 is 1.73. The molecule has 1 N–H and O–H groups in total. The van der Waals surface area contributed by atoms with Gasteiger partial charge in [0.05, 0.1) is 0 Å². The molecule has 2 aliphatic rings. The van der Waals surface area contributed by atoms with E-state index in [1.165, 1.54) is 12.0 Å². The zero-order valence-electron chi connectivity index (χ0n) is 14.8. The number of hydrogen-bond acceptors (Lipinski definition) is 5. The van der Waals surface area contributed by atoms with E-state index in [-0.39, 0.29) is 11.9 Å². The van der Waals surface area contributed by atoms with Crippen LogP contribution in [0.4, 0.5) is 11.6 Å². The molecule has 7 heteroatoms. The van der Waals surface area contributed by atoms with Crippen molar-refractivity contribution in [1.82, 2.24) is 19.7 Å². The minimum absolute atomic E-state index is 0.0748. The molecular weight excluding hydrogens is 316 g/mol. The first-order chi connectivity index (χ1) is 12.1. The maximum atomic E-state index is 13.0. The van der Waals surface area contributed by atoms with Crippen LogP contribution in [0.5, 0.6) is 0 Å². The molecule has 1 fully saturated rings. The summed E-state index contributed by atoms with van der Waals surface area (Å²) in [7, 11) is 1.86. The van der Waals surface area contributed by atoms with Gasteiger partial charge in [0, 0.05) is 37.1 Å². The van der Waals surface area contributed by atoms with Crippen LogP contribution in [0.15, 0.2) is 12.3 Å². The maximum absolute atomic E-state index is 13.0. The second kappa shape index (κ2) is 6.46. The van der Waals surface area contributed by atoms with Gasteiger partial charge < -0.3 is 5.32 Å². The highest BCUT2D eigenvalue weighted by molar-refractivity contribution is 5.98. The predicted octanol–water partition coefficient (Wildman–Crippen LogP) is 2.00. The highest BCUT2D eigenvalue weighted by Gasteiger charge is 2.32. The minimum atomic E-state index is -0.254. The van der Waals surface area contributed by atoms with E-state index in [0.29, 0.717) is 0 Å². The van der Waals surface area contributed by atoms with Gasteiger partial charge in [-0.05, 0) is 45.4 Å². The van der Waals surface area contributed by atoms with Gasteiger partial charge in [0.25, 0.3) is 5.91 Å². The van der Waals surface area contributed by atoms with Gasteiger partial charge >= 0.3 is 0 Å². The molecule has 132 valence electrons. The monoisotopic (exact) mass is 340 g/mol. The molecule has 0 spiro atoms. The number of piperidine rings is 1. The third kappa shape index (κ3) is 3.10. The molecule has 1 unspecified atom stereocenters. The smallest absolute Gasteiger partial charge is 0.250 e. The van der Waals surface area contributed by atoms with Crippen molar-refractivity contribution in [2.24, 2.45) is 7.05 Å². The van der Waals surface area contributed by atoms with Crippen LogP contribution in [0.25, 0.3) is 0 Å². The maximum Gasteiger partial charge on any atom is 0.250 e. The fourth-order valence-corrected chi connectivity index (χ4v) is 3.79. The number of hydrogen-bond donors (Lipinski definition) is 1. The normalized spacial score (nSPS) is 20.5. The molecule has 0 radical (unpaired) electrons. The molecule has 1 atom stereocenters. The standard InChI is InChI=1S/C18H24N6O/c1-12-19-14-7-4-3-6-13(14)17(20-12)21-15-8-5-10-24(18(15)25)16-9-11-23(2)22-16/h9,11,15H,3-8,10H2,1-2H3,(H,19,20,21). The number of anilines is 2. The van der Waals surface area contributed by atoms with Crippen molar-refractivity contribution in [3.63, 3.8) is 0 Å². The lowest BCUT2D eigenvalue weighted by atomic mass is 9.95. The summed E-state index contributed by atoms with van der Waals surface area (Å²) in [6, 6.07) is 1.63. The van der Waals surface area contributed by atoms with Crippen LogP contribution in [0.1, 0.15) is 42.8 Å². The zero-order valence-corrected chi connectivity index (χ0v) is 14.8. The van der Waals surface area contributed by atoms with Gasteiger partial charge in [-0.2, -0.15) is 5.10 Å². The summed E-state index contributed by atoms with van der Waals surface area (Å²) in [6.45, 7) is 2.64. The first kappa shape index (κ1) is 16.1. The Kier molecular flexibility index (Phi) is 4.15. The molecule has 3 heterocycles. The molecule has 1 aliphatic carbocycles. The summed E-state index contributed by atoms with van der Waals surface area (Å²) in [5.74, 6) is 2.42. The average Bonchev–Trinajstić information content (AvgIpc) is 3.03. The van der Waals surface area contributed by atoms with Crippen LogP contribution in [0.2, 0.25) is 0 Å². The Balaban J connectivity index is 1.58. The first-order valence-electron chi connectivity index (χ1n) is 9.06. The van der Waals surface area contributed by atoms with Gasteiger partial charge in [-0.3, -0.25) is 14.4 Å². The summed E-state index contributed by atoms with van der Waals surface area (Å²) in [4.78, 5) is 23.9. The Morgan fingerprint density at radius 2 is 2.04 bits per heavy atom. The number of fused-ring (bicyclic) bond motifs is 1. The van der Waals surface area contributed by atoms with Crippen LogP contribution in [0.3, 0.4) is 0 Å². The Labute approximate surface area is 147 Å². The highest BCUT2D eigenvalue weighted by atomic mass is 16.2. The van der Waals surface area contributed by atoms with Crippen LogP contribution < -0.4 is 10.2 Å². The van der Waals surface area contributed by atoms with Crippen molar-refractivity contribution >= 4 is 17.5 Å². The topological polar surface area (TPSA) is 75.9 Å². The first-order valence-corrected chi connectivity index (χ1v) is 9.06. The Morgan fingerprint density at radius 3 is 2.84 bits per heavy atom. The third-order valence-corrected chi connectivity index (χ3v) is 5.02. The van der Waals surface area contributed by atoms with Gasteiger partial charge in [0.1, 0.15) is 17.7 Å². The number of nitrogens with zero attached hydrogens (tertiary/aromatic N) is 5. The molecule has 4 rings (SSSR count). The molecule has 0 saturated carbocycles. The van der Waals surface area contributed by atoms with Crippen molar-refractivity contribution in [3.05, 3.63) is 29.3 Å². The lowest BCUT2D eigenvalue weighted by Gasteiger charge is -2.32. The molecule has 1 saturated heterocycles. The number of carbonyl (C=O) groups is 1.